The highest BCUT2D eigenvalue weighted by atomic mass is 16.4. The number of nitrogens with zero attached hydrogens (tertiary/aromatic N) is 3. The molecule has 0 aromatic carbocycles. The molecule has 7 heteroatoms. The van der Waals surface area contributed by atoms with Crippen LogP contribution < -0.4 is 5.32 Å². The standard InChI is InChI=1S/C16H26N4O3/c1-16(2,3)11-5-4-6-12(8-7-11)17-14(21)10-20-9-13(15(22)23)18-19-20/h9,11-12H,4-8,10H2,1-3H3,(H,17,21)(H,22,23). The number of nitrogens with one attached hydrogen (secondary N) is 1. The number of carboxylic acid groups (broad SMARTS) is 1. The molecule has 1 saturated carbocycles. The summed E-state index contributed by atoms with van der Waals surface area (Å²) in [5.74, 6) is -0.600. The first kappa shape index (κ1) is 17.4. The van der Waals surface area contributed by atoms with Crippen molar-refractivity contribution in [1.82, 2.24) is 20.3 Å². The number of carbonyl (C=O) groups excluding carboxylic acids is 1. The molecule has 2 N–H and O–H groups in total. The van der Waals surface area contributed by atoms with E-state index in [-0.39, 0.29) is 24.2 Å². The lowest BCUT2D eigenvalue weighted by atomic mass is 9.76. The molecule has 0 spiro atoms. The zero-order valence-corrected chi connectivity index (χ0v) is 14.1. The maximum atomic E-state index is 12.1. The van der Waals surface area contributed by atoms with Crippen LogP contribution in [0.15, 0.2) is 6.20 Å². The highest BCUT2D eigenvalue weighted by Crippen LogP contribution is 2.36. The monoisotopic (exact) mass is 322 g/mol. The van der Waals surface area contributed by atoms with Crippen molar-refractivity contribution >= 4 is 11.9 Å². The third kappa shape index (κ3) is 5.04. The average Bonchev–Trinajstić information content (AvgIpc) is 2.76. The van der Waals surface area contributed by atoms with Gasteiger partial charge in [0.2, 0.25) is 5.91 Å². The van der Waals surface area contributed by atoms with E-state index in [2.05, 4.69) is 36.4 Å². The summed E-state index contributed by atoms with van der Waals surface area (Å²) < 4.78 is 1.26. The summed E-state index contributed by atoms with van der Waals surface area (Å²) in [6, 6.07) is 0.192. The smallest absolute Gasteiger partial charge is 0.358 e. The SMILES string of the molecule is CC(C)(C)C1CCCC(NC(=O)Cn2cc(C(=O)O)nn2)CC1. The molecule has 2 rings (SSSR count). The maximum absolute atomic E-state index is 12.1. The Kier molecular flexibility index (Phi) is 5.38. The minimum absolute atomic E-state index is 0.000516. The van der Waals surface area contributed by atoms with Gasteiger partial charge in [0, 0.05) is 6.04 Å². The number of aromatic carboxylic acids is 1. The Morgan fingerprint density at radius 3 is 2.65 bits per heavy atom. The summed E-state index contributed by atoms with van der Waals surface area (Å²) in [5, 5.41) is 19.0. The molecule has 1 aliphatic carbocycles. The lowest BCUT2D eigenvalue weighted by Gasteiger charge is -2.29. The Morgan fingerprint density at radius 2 is 2.04 bits per heavy atom. The normalized spacial score (nSPS) is 22.4. The summed E-state index contributed by atoms with van der Waals surface area (Å²) in [4.78, 5) is 22.9. The van der Waals surface area contributed by atoms with Gasteiger partial charge >= 0.3 is 5.97 Å². The van der Waals surface area contributed by atoms with E-state index in [0.29, 0.717) is 11.3 Å². The van der Waals surface area contributed by atoms with Gasteiger partial charge in [-0.2, -0.15) is 0 Å². The fourth-order valence-electron chi connectivity index (χ4n) is 3.21. The van der Waals surface area contributed by atoms with Gasteiger partial charge in [-0.05, 0) is 37.0 Å². The molecule has 2 unspecified atom stereocenters. The predicted octanol–water partition coefficient (Wildman–Crippen LogP) is 2.09. The second-order valence-electron chi connectivity index (χ2n) is 7.44. The predicted molar refractivity (Wildman–Crippen MR) is 84.9 cm³/mol. The van der Waals surface area contributed by atoms with Crippen molar-refractivity contribution < 1.29 is 14.7 Å². The minimum Gasteiger partial charge on any atom is -0.476 e. The van der Waals surface area contributed by atoms with Crippen molar-refractivity contribution in [1.29, 1.82) is 0 Å². The molecule has 1 fully saturated rings. The first-order valence-electron chi connectivity index (χ1n) is 8.18. The van der Waals surface area contributed by atoms with Crippen LogP contribution in [0.3, 0.4) is 0 Å². The summed E-state index contributed by atoms with van der Waals surface area (Å²) in [5.41, 5.74) is 0.160. The van der Waals surface area contributed by atoms with Gasteiger partial charge in [0.1, 0.15) is 6.54 Å². The van der Waals surface area contributed by atoms with Crippen molar-refractivity contribution in [3.05, 3.63) is 11.9 Å². The Bertz CT molecular complexity index is 562. The molecule has 2 atom stereocenters. The van der Waals surface area contributed by atoms with Crippen molar-refractivity contribution in [3.63, 3.8) is 0 Å². The van der Waals surface area contributed by atoms with Crippen molar-refractivity contribution in [2.45, 2.75) is 65.5 Å². The second kappa shape index (κ2) is 7.10. The van der Waals surface area contributed by atoms with Crippen LogP contribution in [0, 0.1) is 11.3 Å². The van der Waals surface area contributed by atoms with Gasteiger partial charge in [0.25, 0.3) is 0 Å². The Hall–Kier alpha value is -1.92. The highest BCUT2D eigenvalue weighted by molar-refractivity contribution is 5.84. The van der Waals surface area contributed by atoms with Gasteiger partial charge in [-0.3, -0.25) is 4.79 Å². The van der Waals surface area contributed by atoms with E-state index < -0.39 is 5.97 Å². The molecule has 1 aromatic rings. The number of aromatic nitrogens is 3. The fraction of sp³-hybridized carbons (Fsp3) is 0.750. The van der Waals surface area contributed by atoms with Crippen molar-refractivity contribution in [2.75, 3.05) is 0 Å². The number of carboxylic acids is 1. The van der Waals surface area contributed by atoms with Crippen molar-refractivity contribution in [3.8, 4) is 0 Å². The van der Waals surface area contributed by atoms with Crippen LogP contribution in [-0.2, 0) is 11.3 Å². The number of amides is 1. The lowest BCUT2D eigenvalue weighted by Crippen LogP contribution is -2.37. The summed E-state index contributed by atoms with van der Waals surface area (Å²) >= 11 is 0. The van der Waals surface area contributed by atoms with E-state index in [1.165, 1.54) is 17.3 Å². The molecule has 23 heavy (non-hydrogen) atoms. The van der Waals surface area contributed by atoms with Crippen LogP contribution in [0.1, 0.15) is 63.4 Å². The average molecular weight is 322 g/mol. The number of hydrogen-bond donors (Lipinski definition) is 2. The summed E-state index contributed by atoms with van der Waals surface area (Å²) in [6.45, 7) is 6.84. The highest BCUT2D eigenvalue weighted by Gasteiger charge is 2.28. The van der Waals surface area contributed by atoms with Crippen LogP contribution in [0.25, 0.3) is 0 Å². The Balaban J connectivity index is 1.84. The first-order valence-corrected chi connectivity index (χ1v) is 8.18. The van der Waals surface area contributed by atoms with Crippen LogP contribution in [0.5, 0.6) is 0 Å². The third-order valence-corrected chi connectivity index (χ3v) is 4.62. The summed E-state index contributed by atoms with van der Waals surface area (Å²) in [6.07, 6.45) is 6.72. The summed E-state index contributed by atoms with van der Waals surface area (Å²) in [7, 11) is 0. The first-order chi connectivity index (χ1) is 10.8. The molecule has 7 nitrogen and oxygen atoms in total. The quantitative estimate of drug-likeness (QED) is 0.827. The van der Waals surface area contributed by atoms with Gasteiger partial charge in [-0.1, -0.05) is 32.4 Å². The molecule has 1 heterocycles. The second-order valence-corrected chi connectivity index (χ2v) is 7.44. The minimum atomic E-state index is -1.14. The lowest BCUT2D eigenvalue weighted by molar-refractivity contribution is -0.122. The van der Waals surface area contributed by atoms with Gasteiger partial charge in [0.15, 0.2) is 5.69 Å². The zero-order chi connectivity index (χ0) is 17.0. The maximum Gasteiger partial charge on any atom is 0.358 e. The molecule has 0 bridgehead atoms. The number of rotatable bonds is 4. The van der Waals surface area contributed by atoms with E-state index in [1.54, 1.807) is 0 Å². The van der Waals surface area contributed by atoms with Crippen LogP contribution in [0.2, 0.25) is 0 Å². The number of carbonyl (C=O) groups is 2. The molecule has 1 aromatic heterocycles. The molecule has 128 valence electrons. The molecule has 0 saturated heterocycles. The third-order valence-electron chi connectivity index (χ3n) is 4.62. The largest absolute Gasteiger partial charge is 0.476 e. The molecular formula is C16H26N4O3. The van der Waals surface area contributed by atoms with E-state index >= 15 is 0 Å². The van der Waals surface area contributed by atoms with E-state index in [1.807, 2.05) is 0 Å². The topological polar surface area (TPSA) is 97.1 Å². The van der Waals surface area contributed by atoms with E-state index in [4.69, 9.17) is 5.11 Å². The fourth-order valence-corrected chi connectivity index (χ4v) is 3.21. The van der Waals surface area contributed by atoms with E-state index in [9.17, 15) is 9.59 Å². The van der Waals surface area contributed by atoms with Gasteiger partial charge < -0.3 is 10.4 Å². The van der Waals surface area contributed by atoms with Crippen LogP contribution in [-0.4, -0.2) is 38.0 Å². The van der Waals surface area contributed by atoms with Crippen molar-refractivity contribution in [2.24, 2.45) is 11.3 Å². The molecule has 0 radical (unpaired) electrons. The van der Waals surface area contributed by atoms with Crippen LogP contribution in [0.4, 0.5) is 0 Å². The van der Waals surface area contributed by atoms with Gasteiger partial charge in [0.05, 0.1) is 6.20 Å². The molecular weight excluding hydrogens is 296 g/mol. The Labute approximate surface area is 136 Å². The van der Waals surface area contributed by atoms with E-state index in [0.717, 1.165) is 25.7 Å². The Morgan fingerprint density at radius 1 is 1.30 bits per heavy atom. The number of hydrogen-bond acceptors (Lipinski definition) is 4. The van der Waals surface area contributed by atoms with Gasteiger partial charge in [-0.25, -0.2) is 9.48 Å². The zero-order valence-electron chi connectivity index (χ0n) is 14.1. The molecule has 1 amide bonds. The van der Waals surface area contributed by atoms with Crippen LogP contribution >= 0.6 is 0 Å². The van der Waals surface area contributed by atoms with Gasteiger partial charge in [-0.15, -0.1) is 5.10 Å². The molecule has 0 aliphatic heterocycles. The molecule has 1 aliphatic rings.